The smallest absolute Gasteiger partial charge is 0.0518 e. The van der Waals surface area contributed by atoms with Crippen LogP contribution in [0.4, 0.5) is 0 Å². The van der Waals surface area contributed by atoms with Gasteiger partial charge in [0.15, 0.2) is 0 Å². The highest BCUT2D eigenvalue weighted by molar-refractivity contribution is 6.21. The van der Waals surface area contributed by atoms with Crippen LogP contribution in [0.1, 0.15) is 72.1 Å². The van der Waals surface area contributed by atoms with E-state index >= 15 is 0 Å². The molecule has 0 aromatic heterocycles. The Morgan fingerprint density at radius 1 is 1.00 bits per heavy atom. The van der Waals surface area contributed by atoms with E-state index in [4.69, 9.17) is 11.6 Å². The summed E-state index contributed by atoms with van der Waals surface area (Å²) in [4.78, 5) is 0. The lowest BCUT2D eigenvalue weighted by molar-refractivity contribution is 0.578. The Labute approximate surface area is 101 Å². The van der Waals surface area contributed by atoms with Crippen molar-refractivity contribution < 1.29 is 0 Å². The van der Waals surface area contributed by atoms with Gasteiger partial charge in [0.25, 0.3) is 0 Å². The first-order valence-electron chi connectivity index (χ1n) is 6.46. The van der Waals surface area contributed by atoms with E-state index in [0.29, 0.717) is 0 Å². The Kier molecular flexibility index (Phi) is 10.6. The second kappa shape index (κ2) is 10.5. The van der Waals surface area contributed by atoms with Crippen LogP contribution in [0, 0.1) is 0 Å². The van der Waals surface area contributed by atoms with E-state index in [1.807, 2.05) is 0 Å². The molecule has 1 unspecified atom stereocenters. The van der Waals surface area contributed by atoms with Crippen LogP contribution in [0.3, 0.4) is 0 Å². The maximum Gasteiger partial charge on any atom is 0.0518 e. The Morgan fingerprint density at radius 2 is 1.53 bits per heavy atom. The minimum absolute atomic E-state index is 0.255. The fourth-order valence-corrected chi connectivity index (χ4v) is 2.15. The molecular weight excluding hydrogens is 204 g/mol. The summed E-state index contributed by atoms with van der Waals surface area (Å²) in [6, 6.07) is 0. The first kappa shape index (κ1) is 15.0. The van der Waals surface area contributed by atoms with Gasteiger partial charge in [-0.2, -0.15) is 0 Å². The highest BCUT2D eigenvalue weighted by Gasteiger charge is 1.99. The van der Waals surface area contributed by atoms with Crippen molar-refractivity contribution in [1.29, 1.82) is 0 Å². The van der Waals surface area contributed by atoms with Crippen LogP contribution < -0.4 is 0 Å². The predicted octanol–water partition coefficient (Wildman–Crippen LogP) is 5.70. The van der Waals surface area contributed by atoms with Gasteiger partial charge in [-0.1, -0.05) is 63.5 Å². The normalized spacial score (nSPS) is 12.5. The molecule has 0 aliphatic rings. The van der Waals surface area contributed by atoms with Gasteiger partial charge in [-0.3, -0.25) is 0 Å². The van der Waals surface area contributed by atoms with Crippen LogP contribution in [-0.2, 0) is 0 Å². The molecule has 0 aromatic carbocycles. The third-order valence-corrected chi connectivity index (χ3v) is 2.94. The Morgan fingerprint density at radius 3 is 2.07 bits per heavy atom. The van der Waals surface area contributed by atoms with Gasteiger partial charge >= 0.3 is 0 Å². The maximum absolute atomic E-state index is 6.16. The van der Waals surface area contributed by atoms with E-state index in [2.05, 4.69) is 26.8 Å². The molecule has 0 amide bonds. The minimum Gasteiger partial charge on any atom is -0.118 e. The van der Waals surface area contributed by atoms with E-state index in [1.54, 1.807) is 0 Å². The van der Waals surface area contributed by atoms with Gasteiger partial charge in [0, 0.05) is 0 Å². The molecule has 0 fully saturated rings. The van der Waals surface area contributed by atoms with Crippen molar-refractivity contribution in [2.45, 2.75) is 77.5 Å². The number of hydrogen-bond donors (Lipinski definition) is 0. The molecule has 0 heterocycles. The summed E-state index contributed by atoms with van der Waals surface area (Å²) in [5.74, 6) is 0. The van der Waals surface area contributed by atoms with E-state index in [0.717, 1.165) is 6.42 Å². The average molecular weight is 231 g/mol. The van der Waals surface area contributed by atoms with Crippen molar-refractivity contribution in [1.82, 2.24) is 0 Å². The fraction of sp³-hybridized carbons (Fsp3) is 0.857. The van der Waals surface area contributed by atoms with Crippen molar-refractivity contribution in [3.05, 3.63) is 11.6 Å². The van der Waals surface area contributed by atoms with Gasteiger partial charge in [0.2, 0.25) is 0 Å². The molecule has 0 aliphatic heterocycles. The first-order chi connectivity index (χ1) is 7.16. The lowest BCUT2D eigenvalue weighted by Crippen LogP contribution is -1.94. The second-order valence-electron chi connectivity index (χ2n) is 4.67. The van der Waals surface area contributed by atoms with Crippen molar-refractivity contribution >= 4 is 11.6 Å². The van der Waals surface area contributed by atoms with Crippen molar-refractivity contribution in [2.75, 3.05) is 0 Å². The second-order valence-corrected chi connectivity index (χ2v) is 5.23. The van der Waals surface area contributed by atoms with E-state index in [-0.39, 0.29) is 5.38 Å². The Balaban J connectivity index is 3.20. The number of alkyl halides is 1. The number of rotatable bonds is 9. The molecule has 15 heavy (non-hydrogen) atoms. The van der Waals surface area contributed by atoms with Crippen LogP contribution in [0.2, 0.25) is 0 Å². The maximum atomic E-state index is 6.16. The van der Waals surface area contributed by atoms with Crippen LogP contribution >= 0.6 is 11.6 Å². The lowest BCUT2D eigenvalue weighted by atomic mass is 10.1. The van der Waals surface area contributed by atoms with E-state index < -0.39 is 0 Å². The molecule has 0 aromatic rings. The number of halogens is 1. The molecule has 0 radical (unpaired) electrons. The Bertz CT molecular complexity index is 157. The number of unbranched alkanes of at least 4 members (excludes halogenated alkanes) is 6. The molecule has 0 bridgehead atoms. The quantitative estimate of drug-likeness (QED) is 0.271. The minimum atomic E-state index is 0.255. The standard InChI is InChI=1S/C14H27Cl/c1-4-5-6-7-8-9-10-11-14(15)12-13(2)3/h12,14H,4-11H2,1-3H3. The molecule has 0 nitrogen and oxygen atoms in total. The van der Waals surface area contributed by atoms with Crippen molar-refractivity contribution in [3.8, 4) is 0 Å². The van der Waals surface area contributed by atoms with Gasteiger partial charge in [0.1, 0.15) is 0 Å². The molecule has 0 N–H and O–H groups in total. The number of allylic oxidation sites excluding steroid dienone is 2. The third kappa shape index (κ3) is 12.0. The summed E-state index contributed by atoms with van der Waals surface area (Å²) < 4.78 is 0. The zero-order valence-electron chi connectivity index (χ0n) is 10.7. The number of hydrogen-bond acceptors (Lipinski definition) is 0. The molecule has 1 atom stereocenters. The SMILES string of the molecule is CCCCCCCCCC(Cl)C=C(C)C. The topological polar surface area (TPSA) is 0 Å². The van der Waals surface area contributed by atoms with Gasteiger partial charge in [-0.05, 0) is 20.3 Å². The predicted molar refractivity (Wildman–Crippen MR) is 71.7 cm³/mol. The first-order valence-corrected chi connectivity index (χ1v) is 6.89. The molecule has 0 aliphatic carbocycles. The third-order valence-electron chi connectivity index (χ3n) is 2.60. The van der Waals surface area contributed by atoms with Crippen molar-refractivity contribution in [3.63, 3.8) is 0 Å². The van der Waals surface area contributed by atoms with Crippen LogP contribution in [0.15, 0.2) is 11.6 Å². The Hall–Kier alpha value is 0.0300. The van der Waals surface area contributed by atoms with Crippen LogP contribution in [0.25, 0.3) is 0 Å². The van der Waals surface area contributed by atoms with E-state index in [9.17, 15) is 0 Å². The fourth-order valence-electron chi connectivity index (χ4n) is 1.74. The van der Waals surface area contributed by atoms with E-state index in [1.165, 1.54) is 50.5 Å². The summed E-state index contributed by atoms with van der Waals surface area (Å²) in [6.45, 7) is 6.48. The highest BCUT2D eigenvalue weighted by Crippen LogP contribution is 2.14. The molecule has 0 saturated carbocycles. The average Bonchev–Trinajstić information content (AvgIpc) is 2.15. The van der Waals surface area contributed by atoms with Crippen LogP contribution in [0.5, 0.6) is 0 Å². The molecule has 90 valence electrons. The molecule has 0 saturated heterocycles. The monoisotopic (exact) mass is 230 g/mol. The summed E-state index contributed by atoms with van der Waals surface area (Å²) in [7, 11) is 0. The zero-order chi connectivity index (χ0) is 11.5. The lowest BCUT2D eigenvalue weighted by Gasteiger charge is -2.05. The highest BCUT2D eigenvalue weighted by atomic mass is 35.5. The van der Waals surface area contributed by atoms with Gasteiger partial charge in [-0.15, -0.1) is 11.6 Å². The summed E-state index contributed by atoms with van der Waals surface area (Å²) in [5, 5.41) is 0.255. The molecular formula is C14H27Cl. The molecule has 0 rings (SSSR count). The summed E-state index contributed by atoms with van der Waals surface area (Å²) in [6.07, 6.45) is 12.9. The summed E-state index contributed by atoms with van der Waals surface area (Å²) in [5.41, 5.74) is 1.33. The van der Waals surface area contributed by atoms with Gasteiger partial charge in [0.05, 0.1) is 5.38 Å². The van der Waals surface area contributed by atoms with Crippen LogP contribution in [-0.4, -0.2) is 5.38 Å². The molecule has 0 spiro atoms. The largest absolute Gasteiger partial charge is 0.118 e. The summed E-state index contributed by atoms with van der Waals surface area (Å²) >= 11 is 6.16. The zero-order valence-corrected chi connectivity index (χ0v) is 11.4. The van der Waals surface area contributed by atoms with Gasteiger partial charge < -0.3 is 0 Å². The van der Waals surface area contributed by atoms with Gasteiger partial charge in [-0.25, -0.2) is 0 Å². The molecule has 1 heteroatoms. The van der Waals surface area contributed by atoms with Crippen molar-refractivity contribution in [2.24, 2.45) is 0 Å².